The second-order valence-corrected chi connectivity index (χ2v) is 1.71. The van der Waals surface area contributed by atoms with Crippen molar-refractivity contribution >= 4 is 0 Å². The second kappa shape index (κ2) is 3.72. The van der Waals surface area contributed by atoms with Gasteiger partial charge in [-0.3, -0.25) is 5.11 Å². The summed E-state index contributed by atoms with van der Waals surface area (Å²) in [6, 6.07) is 0. The molecule has 0 aliphatic carbocycles. The minimum absolute atomic E-state index is 0.920. The van der Waals surface area contributed by atoms with Crippen LogP contribution in [-0.4, -0.2) is 0 Å². The summed E-state index contributed by atoms with van der Waals surface area (Å²) in [6.07, 6.45) is 2.94. The Bertz CT molecular complexity index is 64.6. The van der Waals surface area contributed by atoms with Gasteiger partial charge < -0.3 is 0 Å². The van der Waals surface area contributed by atoms with E-state index in [0.29, 0.717) is 0 Å². The molecule has 0 N–H and O–H groups in total. The molecule has 0 unspecified atom stereocenters. The molecule has 0 aromatic carbocycles. The van der Waals surface area contributed by atoms with Gasteiger partial charge in [0.2, 0.25) is 0 Å². The first-order valence-electron chi connectivity index (χ1n) is 2.59. The number of hydrogen-bond donors (Lipinski definition) is 0. The molecule has 0 atom stereocenters. The van der Waals surface area contributed by atoms with Crippen molar-refractivity contribution in [1.82, 2.24) is 0 Å². The maximum atomic E-state index is 9.86. The van der Waals surface area contributed by atoms with Gasteiger partial charge in [0.05, 0.1) is 0 Å². The molecule has 0 fully saturated rings. The predicted molar refractivity (Wildman–Crippen MR) is 29.4 cm³/mol. The first kappa shape index (κ1) is 6.54. The van der Waals surface area contributed by atoms with E-state index in [2.05, 4.69) is 6.92 Å². The lowest BCUT2D eigenvalue weighted by Crippen LogP contribution is -1.71. The highest BCUT2D eigenvalue weighted by Gasteiger charge is 1.82. The van der Waals surface area contributed by atoms with Crippen LogP contribution in [0, 0.1) is 0 Å². The van der Waals surface area contributed by atoms with Gasteiger partial charge >= 0.3 is 0 Å². The Morgan fingerprint density at radius 2 is 2.29 bits per heavy atom. The first-order chi connectivity index (χ1) is 3.31. The van der Waals surface area contributed by atoms with E-state index in [9.17, 15) is 5.11 Å². The van der Waals surface area contributed by atoms with Crippen LogP contribution in [0.4, 0.5) is 0 Å². The molecule has 1 radical (unpaired) electrons. The van der Waals surface area contributed by atoms with Crippen LogP contribution in [0.15, 0.2) is 11.8 Å². The van der Waals surface area contributed by atoms with Crippen LogP contribution in [0.2, 0.25) is 0 Å². The van der Waals surface area contributed by atoms with Crippen molar-refractivity contribution < 1.29 is 5.11 Å². The highest BCUT2D eigenvalue weighted by molar-refractivity contribution is 4.90. The van der Waals surface area contributed by atoms with E-state index in [0.717, 1.165) is 24.7 Å². The molecular weight excluding hydrogens is 88.1 g/mol. The largest absolute Gasteiger partial charge is 0.299 e. The first-order valence-corrected chi connectivity index (χ1v) is 2.59. The van der Waals surface area contributed by atoms with E-state index in [-0.39, 0.29) is 0 Å². The molecule has 0 saturated heterocycles. The zero-order chi connectivity index (χ0) is 5.70. The summed E-state index contributed by atoms with van der Waals surface area (Å²) in [5.41, 5.74) is 0.947. The van der Waals surface area contributed by atoms with E-state index in [1.54, 1.807) is 0 Å². The smallest absolute Gasteiger partial charge is 0.141 e. The average Bonchev–Trinajstić information content (AvgIpc) is 1.68. The number of hydrogen-bond acceptors (Lipinski definition) is 0. The standard InChI is InChI=1S/C6H11O/c1-3-4-6(2)5-7/h5H,3-4H2,1-2H3/b6-5+. The van der Waals surface area contributed by atoms with Crippen LogP contribution < -0.4 is 0 Å². The molecule has 0 amide bonds. The fraction of sp³-hybridized carbons (Fsp3) is 0.667. The summed E-state index contributed by atoms with van der Waals surface area (Å²) in [5, 5.41) is 9.86. The van der Waals surface area contributed by atoms with Gasteiger partial charge in [0.1, 0.15) is 6.26 Å². The third-order valence-corrected chi connectivity index (χ3v) is 0.846. The van der Waals surface area contributed by atoms with Crippen molar-refractivity contribution in [1.29, 1.82) is 0 Å². The fourth-order valence-electron chi connectivity index (χ4n) is 0.453. The molecule has 0 saturated carbocycles. The van der Waals surface area contributed by atoms with Crippen LogP contribution in [0.3, 0.4) is 0 Å². The topological polar surface area (TPSA) is 19.9 Å². The van der Waals surface area contributed by atoms with E-state index in [4.69, 9.17) is 0 Å². The zero-order valence-corrected chi connectivity index (χ0v) is 4.90. The lowest BCUT2D eigenvalue weighted by molar-refractivity contribution is 0.345. The van der Waals surface area contributed by atoms with Crippen molar-refractivity contribution in [3.8, 4) is 0 Å². The quantitative estimate of drug-likeness (QED) is 0.472. The van der Waals surface area contributed by atoms with Crippen LogP contribution in [0.1, 0.15) is 26.7 Å². The van der Waals surface area contributed by atoms with E-state index < -0.39 is 0 Å². The van der Waals surface area contributed by atoms with Crippen molar-refractivity contribution in [2.24, 2.45) is 0 Å². The lowest BCUT2D eigenvalue weighted by atomic mass is 10.2. The maximum absolute atomic E-state index is 9.86. The average molecular weight is 99.2 g/mol. The lowest BCUT2D eigenvalue weighted by Gasteiger charge is -1.88. The summed E-state index contributed by atoms with van der Waals surface area (Å²) in [5.74, 6) is 0. The summed E-state index contributed by atoms with van der Waals surface area (Å²) in [6.45, 7) is 3.92. The third kappa shape index (κ3) is 3.37. The highest BCUT2D eigenvalue weighted by Crippen LogP contribution is 1.99. The van der Waals surface area contributed by atoms with Crippen LogP contribution in [0.5, 0.6) is 0 Å². The van der Waals surface area contributed by atoms with Gasteiger partial charge in [-0.25, -0.2) is 0 Å². The van der Waals surface area contributed by atoms with Gasteiger partial charge in [-0.15, -0.1) is 0 Å². The maximum Gasteiger partial charge on any atom is 0.141 e. The van der Waals surface area contributed by atoms with Crippen molar-refractivity contribution in [2.75, 3.05) is 0 Å². The van der Waals surface area contributed by atoms with Crippen LogP contribution >= 0.6 is 0 Å². The Morgan fingerprint density at radius 1 is 1.71 bits per heavy atom. The van der Waals surface area contributed by atoms with Crippen molar-refractivity contribution in [3.05, 3.63) is 11.8 Å². The molecule has 41 valence electrons. The zero-order valence-electron chi connectivity index (χ0n) is 4.90. The fourth-order valence-corrected chi connectivity index (χ4v) is 0.453. The Morgan fingerprint density at radius 3 is 2.43 bits per heavy atom. The SMILES string of the molecule is CCC/C(C)=C/[O]. The third-order valence-electron chi connectivity index (χ3n) is 0.846. The summed E-state index contributed by atoms with van der Waals surface area (Å²) in [4.78, 5) is 0. The van der Waals surface area contributed by atoms with Gasteiger partial charge in [-0.2, -0.15) is 0 Å². The predicted octanol–water partition coefficient (Wildman–Crippen LogP) is 2.12. The molecule has 0 aliphatic heterocycles. The number of rotatable bonds is 2. The normalized spacial score (nSPS) is 12.0. The molecule has 0 aromatic rings. The summed E-state index contributed by atoms with van der Waals surface area (Å²) < 4.78 is 0. The highest BCUT2D eigenvalue weighted by atomic mass is 16.2. The molecule has 0 spiro atoms. The molecule has 1 nitrogen and oxygen atoms in total. The van der Waals surface area contributed by atoms with E-state index >= 15 is 0 Å². The molecular formula is C6H11O. The molecule has 0 bridgehead atoms. The Hall–Kier alpha value is -0.460. The second-order valence-electron chi connectivity index (χ2n) is 1.71. The molecule has 0 heterocycles. The minimum Gasteiger partial charge on any atom is -0.299 e. The monoisotopic (exact) mass is 99.1 g/mol. The van der Waals surface area contributed by atoms with Crippen molar-refractivity contribution in [3.63, 3.8) is 0 Å². The van der Waals surface area contributed by atoms with Crippen molar-refractivity contribution in [2.45, 2.75) is 26.7 Å². The Labute approximate surface area is 44.7 Å². The Balaban J connectivity index is 3.17. The van der Waals surface area contributed by atoms with Gasteiger partial charge in [-0.1, -0.05) is 13.3 Å². The van der Waals surface area contributed by atoms with E-state index in [1.807, 2.05) is 6.92 Å². The molecule has 7 heavy (non-hydrogen) atoms. The molecule has 0 rings (SSSR count). The van der Waals surface area contributed by atoms with Gasteiger partial charge in [-0.05, 0) is 18.9 Å². The Kier molecular flexibility index (Phi) is 3.48. The minimum atomic E-state index is 0.920. The van der Waals surface area contributed by atoms with Gasteiger partial charge in [0, 0.05) is 0 Å². The van der Waals surface area contributed by atoms with E-state index in [1.165, 1.54) is 0 Å². The molecule has 1 heteroatoms. The molecule has 0 aliphatic rings. The van der Waals surface area contributed by atoms with Gasteiger partial charge in [0.25, 0.3) is 0 Å². The van der Waals surface area contributed by atoms with Crippen LogP contribution in [-0.2, 0) is 5.11 Å². The van der Waals surface area contributed by atoms with Gasteiger partial charge in [0.15, 0.2) is 0 Å². The summed E-state index contributed by atoms with van der Waals surface area (Å²) >= 11 is 0. The number of allylic oxidation sites excluding steroid dienone is 1. The summed E-state index contributed by atoms with van der Waals surface area (Å²) in [7, 11) is 0. The van der Waals surface area contributed by atoms with Crippen LogP contribution in [0.25, 0.3) is 0 Å². The molecule has 0 aromatic heterocycles.